The van der Waals surface area contributed by atoms with Crippen LogP contribution in [0.1, 0.15) is 11.1 Å². The zero-order valence-corrected chi connectivity index (χ0v) is 16.9. The average Bonchev–Trinajstić information content (AvgIpc) is 3.11. The van der Waals surface area contributed by atoms with Crippen molar-refractivity contribution in [2.75, 3.05) is 5.43 Å². The number of aromatic nitrogens is 1. The van der Waals surface area contributed by atoms with Crippen molar-refractivity contribution in [3.8, 4) is 5.75 Å². The van der Waals surface area contributed by atoms with Crippen LogP contribution in [0.3, 0.4) is 0 Å². The van der Waals surface area contributed by atoms with E-state index in [9.17, 15) is 0 Å². The number of halogens is 2. The summed E-state index contributed by atoms with van der Waals surface area (Å²) in [4.78, 5) is 4.50. The van der Waals surface area contributed by atoms with Gasteiger partial charge in [0.1, 0.15) is 12.4 Å². The molecule has 0 radical (unpaired) electrons. The van der Waals surface area contributed by atoms with E-state index in [-0.39, 0.29) is 0 Å². The Balaban J connectivity index is 1.45. The van der Waals surface area contributed by atoms with Gasteiger partial charge in [0.25, 0.3) is 0 Å². The van der Waals surface area contributed by atoms with Crippen molar-refractivity contribution in [1.82, 2.24) is 4.98 Å². The number of ether oxygens (including phenoxy) is 1. The quantitative estimate of drug-likeness (QED) is 0.277. The lowest BCUT2D eigenvalue weighted by atomic mass is 10.2. The van der Waals surface area contributed by atoms with Gasteiger partial charge in [-0.2, -0.15) is 5.10 Å². The van der Waals surface area contributed by atoms with Crippen molar-refractivity contribution >= 4 is 56.1 Å². The molecule has 0 saturated heterocycles. The van der Waals surface area contributed by atoms with Crippen LogP contribution in [-0.2, 0) is 6.61 Å². The number of nitrogens with one attached hydrogen (secondary N) is 1. The second kappa shape index (κ2) is 8.61. The first-order valence-corrected chi connectivity index (χ1v) is 10.1. The molecule has 0 saturated carbocycles. The monoisotopic (exact) mass is 427 g/mol. The predicted octanol–water partition coefficient (Wildman–Crippen LogP) is 6.63. The Morgan fingerprint density at radius 2 is 1.86 bits per heavy atom. The van der Waals surface area contributed by atoms with Gasteiger partial charge in [-0.05, 0) is 36.4 Å². The fraction of sp³-hybridized carbons (Fsp3) is 0.0476. The van der Waals surface area contributed by atoms with Crippen LogP contribution < -0.4 is 10.2 Å². The zero-order valence-electron chi connectivity index (χ0n) is 14.6. The number of thiazole rings is 1. The molecule has 0 aliphatic carbocycles. The molecule has 0 aliphatic rings. The molecular formula is C21H15Cl2N3OS. The van der Waals surface area contributed by atoms with E-state index in [0.717, 1.165) is 26.5 Å². The molecule has 7 heteroatoms. The first kappa shape index (κ1) is 18.7. The maximum Gasteiger partial charge on any atom is 0.204 e. The second-order valence-corrected chi connectivity index (χ2v) is 7.79. The van der Waals surface area contributed by atoms with Crippen LogP contribution in [-0.4, -0.2) is 11.2 Å². The van der Waals surface area contributed by atoms with Gasteiger partial charge in [-0.15, -0.1) is 0 Å². The van der Waals surface area contributed by atoms with Gasteiger partial charge in [-0.1, -0.05) is 64.9 Å². The minimum absolute atomic E-state index is 0.339. The summed E-state index contributed by atoms with van der Waals surface area (Å²) in [5, 5.41) is 6.22. The molecule has 0 fully saturated rings. The van der Waals surface area contributed by atoms with E-state index in [1.807, 2.05) is 54.6 Å². The van der Waals surface area contributed by atoms with Gasteiger partial charge in [0, 0.05) is 21.2 Å². The van der Waals surface area contributed by atoms with Crippen LogP contribution in [0.5, 0.6) is 5.75 Å². The number of nitrogens with zero attached hydrogens (tertiary/aromatic N) is 2. The Morgan fingerprint density at radius 3 is 2.71 bits per heavy atom. The molecule has 4 aromatic rings. The number of para-hydroxylation sites is 2. The molecular weight excluding hydrogens is 413 g/mol. The third-order valence-corrected chi connectivity index (χ3v) is 5.50. The highest BCUT2D eigenvalue weighted by Crippen LogP contribution is 2.26. The summed E-state index contributed by atoms with van der Waals surface area (Å²) in [7, 11) is 0. The van der Waals surface area contributed by atoms with Gasteiger partial charge in [0.15, 0.2) is 0 Å². The Labute approximate surface area is 176 Å². The molecule has 0 spiro atoms. The van der Waals surface area contributed by atoms with E-state index < -0.39 is 0 Å². The molecule has 0 atom stereocenters. The number of fused-ring (bicyclic) bond motifs is 1. The van der Waals surface area contributed by atoms with Crippen LogP contribution in [0.4, 0.5) is 5.13 Å². The van der Waals surface area contributed by atoms with Crippen LogP contribution in [0, 0.1) is 0 Å². The molecule has 4 rings (SSSR count). The summed E-state index contributed by atoms with van der Waals surface area (Å²) in [5.74, 6) is 0.711. The summed E-state index contributed by atoms with van der Waals surface area (Å²) >= 11 is 13.7. The van der Waals surface area contributed by atoms with Crippen molar-refractivity contribution in [2.45, 2.75) is 6.61 Å². The Bertz CT molecular complexity index is 1110. The highest BCUT2D eigenvalue weighted by Gasteiger charge is 2.06. The van der Waals surface area contributed by atoms with Crippen molar-refractivity contribution in [3.63, 3.8) is 0 Å². The lowest BCUT2D eigenvalue weighted by Gasteiger charge is -2.10. The number of benzene rings is 3. The average molecular weight is 428 g/mol. The molecule has 0 aliphatic heterocycles. The van der Waals surface area contributed by atoms with Crippen molar-refractivity contribution in [1.29, 1.82) is 0 Å². The normalized spacial score (nSPS) is 11.2. The summed E-state index contributed by atoms with van der Waals surface area (Å²) < 4.78 is 7.05. The number of hydrogen-bond acceptors (Lipinski definition) is 5. The van der Waals surface area contributed by atoms with E-state index in [2.05, 4.69) is 15.5 Å². The van der Waals surface area contributed by atoms with E-state index in [1.165, 1.54) is 0 Å². The number of hydrogen-bond donors (Lipinski definition) is 1. The Morgan fingerprint density at radius 1 is 1.04 bits per heavy atom. The molecule has 4 nitrogen and oxygen atoms in total. The molecule has 3 aromatic carbocycles. The van der Waals surface area contributed by atoms with Crippen LogP contribution in [0.25, 0.3) is 10.2 Å². The molecule has 1 aromatic heterocycles. The maximum atomic E-state index is 6.21. The maximum absolute atomic E-state index is 6.21. The van der Waals surface area contributed by atoms with Gasteiger partial charge >= 0.3 is 0 Å². The molecule has 1 heterocycles. The lowest BCUT2D eigenvalue weighted by molar-refractivity contribution is 0.306. The SMILES string of the molecule is Clc1ccc(COc2ccccc2/C=N\Nc2nc3ccccc3s2)c(Cl)c1. The van der Waals surface area contributed by atoms with Crippen LogP contribution >= 0.6 is 34.5 Å². The topological polar surface area (TPSA) is 46.5 Å². The zero-order chi connectivity index (χ0) is 19.3. The Hall–Kier alpha value is -2.60. The smallest absolute Gasteiger partial charge is 0.204 e. The van der Waals surface area contributed by atoms with Crippen molar-refractivity contribution in [3.05, 3.63) is 87.9 Å². The minimum Gasteiger partial charge on any atom is -0.488 e. The van der Waals surface area contributed by atoms with Crippen molar-refractivity contribution < 1.29 is 4.74 Å². The molecule has 1 N–H and O–H groups in total. The number of anilines is 1. The van der Waals surface area contributed by atoms with E-state index >= 15 is 0 Å². The van der Waals surface area contributed by atoms with E-state index in [0.29, 0.717) is 22.4 Å². The lowest BCUT2D eigenvalue weighted by Crippen LogP contribution is -1.99. The van der Waals surface area contributed by atoms with Gasteiger partial charge in [0.2, 0.25) is 5.13 Å². The Kier molecular flexibility index (Phi) is 5.76. The number of rotatable bonds is 6. The predicted molar refractivity (Wildman–Crippen MR) is 118 cm³/mol. The fourth-order valence-corrected chi connectivity index (χ4v) is 3.87. The summed E-state index contributed by atoms with van der Waals surface area (Å²) in [6, 6.07) is 21.0. The first-order chi connectivity index (χ1) is 13.7. The van der Waals surface area contributed by atoms with Gasteiger partial charge in [-0.25, -0.2) is 4.98 Å². The summed E-state index contributed by atoms with van der Waals surface area (Å²) in [5.41, 5.74) is 5.65. The third-order valence-electron chi connectivity index (χ3n) is 3.98. The molecule has 0 bridgehead atoms. The molecule has 140 valence electrons. The van der Waals surface area contributed by atoms with E-state index in [1.54, 1.807) is 29.7 Å². The molecule has 28 heavy (non-hydrogen) atoms. The summed E-state index contributed by atoms with van der Waals surface area (Å²) in [6.45, 7) is 0.339. The molecule has 0 unspecified atom stereocenters. The summed E-state index contributed by atoms with van der Waals surface area (Å²) in [6.07, 6.45) is 1.71. The van der Waals surface area contributed by atoms with Crippen molar-refractivity contribution in [2.24, 2.45) is 5.10 Å². The fourth-order valence-electron chi connectivity index (χ4n) is 2.59. The highest BCUT2D eigenvalue weighted by atomic mass is 35.5. The third kappa shape index (κ3) is 4.44. The van der Waals surface area contributed by atoms with Gasteiger partial charge in [0.05, 0.1) is 16.4 Å². The molecule has 0 amide bonds. The largest absolute Gasteiger partial charge is 0.488 e. The van der Waals surface area contributed by atoms with Gasteiger partial charge < -0.3 is 4.74 Å². The minimum atomic E-state index is 0.339. The second-order valence-electron chi connectivity index (χ2n) is 5.92. The number of hydrazone groups is 1. The standard InChI is InChI=1S/C21H15Cl2N3OS/c22-16-10-9-15(17(23)11-16)13-27-19-7-3-1-5-14(19)12-24-26-21-25-18-6-2-4-8-20(18)28-21/h1-12H,13H2,(H,25,26)/b24-12-. The van der Waals surface area contributed by atoms with Crippen LogP contribution in [0.15, 0.2) is 71.8 Å². The van der Waals surface area contributed by atoms with Gasteiger partial charge in [-0.3, -0.25) is 5.43 Å². The first-order valence-electron chi connectivity index (χ1n) is 8.49. The van der Waals surface area contributed by atoms with Crippen LogP contribution in [0.2, 0.25) is 10.0 Å². The highest BCUT2D eigenvalue weighted by molar-refractivity contribution is 7.22. The van der Waals surface area contributed by atoms with E-state index in [4.69, 9.17) is 27.9 Å².